The number of benzene rings is 2. The second-order valence-electron chi connectivity index (χ2n) is 6.56. The molecule has 0 aliphatic rings. The van der Waals surface area contributed by atoms with Gasteiger partial charge in [-0.2, -0.15) is 0 Å². The normalized spacial score (nSPS) is 11.2. The maximum Gasteiger partial charge on any atom is 0.305 e. The number of phenolic OH excluding ortho intramolecular Hbond substituents is 1. The lowest BCUT2D eigenvalue weighted by Crippen LogP contribution is -2.04. The van der Waals surface area contributed by atoms with Crippen LogP contribution in [0, 0.1) is 0 Å². The molecule has 28 heavy (non-hydrogen) atoms. The fourth-order valence-corrected chi connectivity index (χ4v) is 2.80. The van der Waals surface area contributed by atoms with Crippen LogP contribution < -0.4 is 0 Å². The van der Waals surface area contributed by atoms with E-state index in [0.717, 1.165) is 48.9 Å². The maximum atomic E-state index is 11.4. The molecular formula is C23H29NO4. The fraction of sp³-hybridized carbons (Fsp3) is 0.391. The number of carbonyl (C=O) groups excluding carboxylic acids is 1. The summed E-state index contributed by atoms with van der Waals surface area (Å²) in [5, 5.41) is 13.7. The summed E-state index contributed by atoms with van der Waals surface area (Å²) in [7, 11) is 0. The van der Waals surface area contributed by atoms with Crippen LogP contribution in [0.15, 0.2) is 59.8 Å². The van der Waals surface area contributed by atoms with Gasteiger partial charge in [0.15, 0.2) is 0 Å². The molecule has 0 aliphatic carbocycles. The summed E-state index contributed by atoms with van der Waals surface area (Å²) >= 11 is 0. The zero-order valence-electron chi connectivity index (χ0n) is 16.5. The molecule has 0 amide bonds. The van der Waals surface area contributed by atoms with E-state index in [2.05, 4.69) is 5.16 Å². The van der Waals surface area contributed by atoms with Crippen LogP contribution in [0.25, 0.3) is 0 Å². The van der Waals surface area contributed by atoms with Crippen LogP contribution in [0.5, 0.6) is 5.75 Å². The Morgan fingerprint density at radius 3 is 2.29 bits per heavy atom. The third-order valence-corrected chi connectivity index (χ3v) is 4.30. The first-order valence-corrected chi connectivity index (χ1v) is 9.87. The minimum Gasteiger partial charge on any atom is -0.508 e. The lowest BCUT2D eigenvalue weighted by molar-refractivity contribution is -0.143. The quantitative estimate of drug-likeness (QED) is 0.236. The molecule has 1 N–H and O–H groups in total. The molecule has 0 saturated carbocycles. The first-order valence-electron chi connectivity index (χ1n) is 9.87. The summed E-state index contributed by atoms with van der Waals surface area (Å²) in [6.07, 6.45) is 5.17. The van der Waals surface area contributed by atoms with Crippen LogP contribution in [0.4, 0.5) is 0 Å². The van der Waals surface area contributed by atoms with Crippen LogP contribution >= 0.6 is 0 Å². The van der Waals surface area contributed by atoms with Crippen molar-refractivity contribution in [1.82, 2.24) is 0 Å². The third kappa shape index (κ3) is 8.25. The Labute approximate surface area is 167 Å². The predicted molar refractivity (Wildman–Crippen MR) is 110 cm³/mol. The predicted octanol–water partition coefficient (Wildman–Crippen LogP) is 5.22. The largest absolute Gasteiger partial charge is 0.508 e. The van der Waals surface area contributed by atoms with E-state index in [1.165, 1.54) is 0 Å². The number of rotatable bonds is 12. The monoisotopic (exact) mass is 383 g/mol. The van der Waals surface area contributed by atoms with Gasteiger partial charge in [0.1, 0.15) is 12.4 Å². The minimum absolute atomic E-state index is 0.114. The van der Waals surface area contributed by atoms with Crippen molar-refractivity contribution in [1.29, 1.82) is 0 Å². The Kier molecular flexibility index (Phi) is 9.62. The van der Waals surface area contributed by atoms with Gasteiger partial charge in [0.2, 0.25) is 0 Å². The van der Waals surface area contributed by atoms with E-state index < -0.39 is 0 Å². The standard InChI is InChI=1S/C23H29NO4/c1-2-27-23(26)13-9-4-3-8-12-22(20-10-6-5-7-11-20)24-28-18-19-14-16-21(25)17-15-19/h5-7,10-11,14-17,25H,2-4,8-9,12-13,18H2,1H3/b24-22+. The van der Waals surface area contributed by atoms with E-state index in [4.69, 9.17) is 9.57 Å². The highest BCUT2D eigenvalue weighted by atomic mass is 16.6. The van der Waals surface area contributed by atoms with Crippen molar-refractivity contribution in [2.75, 3.05) is 6.61 Å². The van der Waals surface area contributed by atoms with Gasteiger partial charge in [-0.05, 0) is 49.4 Å². The lowest BCUT2D eigenvalue weighted by Gasteiger charge is -2.08. The average Bonchev–Trinajstić information content (AvgIpc) is 2.71. The van der Waals surface area contributed by atoms with Crippen molar-refractivity contribution in [3.05, 3.63) is 65.7 Å². The number of ether oxygens (including phenoxy) is 1. The summed E-state index contributed by atoms with van der Waals surface area (Å²) in [5.74, 6) is 0.122. The van der Waals surface area contributed by atoms with Crippen molar-refractivity contribution in [3.8, 4) is 5.75 Å². The van der Waals surface area contributed by atoms with Crippen molar-refractivity contribution in [2.45, 2.75) is 52.1 Å². The molecule has 2 rings (SSSR count). The van der Waals surface area contributed by atoms with Gasteiger partial charge in [-0.15, -0.1) is 0 Å². The number of hydrogen-bond donors (Lipinski definition) is 1. The van der Waals surface area contributed by atoms with Crippen molar-refractivity contribution in [3.63, 3.8) is 0 Å². The van der Waals surface area contributed by atoms with Crippen LogP contribution in [0.2, 0.25) is 0 Å². The average molecular weight is 383 g/mol. The maximum absolute atomic E-state index is 11.4. The molecule has 5 heteroatoms. The molecule has 0 aromatic heterocycles. The van der Waals surface area contributed by atoms with E-state index in [-0.39, 0.29) is 11.7 Å². The number of esters is 1. The molecule has 0 fully saturated rings. The Balaban J connectivity index is 1.81. The second kappa shape index (κ2) is 12.5. The lowest BCUT2D eigenvalue weighted by atomic mass is 10.0. The zero-order valence-corrected chi connectivity index (χ0v) is 16.5. The number of unbranched alkanes of at least 4 members (excludes halogenated alkanes) is 3. The highest BCUT2D eigenvalue weighted by Crippen LogP contribution is 2.14. The minimum atomic E-state index is -0.114. The Morgan fingerprint density at radius 1 is 0.929 bits per heavy atom. The first kappa shape index (κ1) is 21.5. The van der Waals surface area contributed by atoms with Gasteiger partial charge in [0.25, 0.3) is 0 Å². The molecule has 0 atom stereocenters. The van der Waals surface area contributed by atoms with E-state index in [9.17, 15) is 9.90 Å². The molecule has 5 nitrogen and oxygen atoms in total. The number of nitrogens with zero attached hydrogens (tertiary/aromatic N) is 1. The molecule has 0 unspecified atom stereocenters. The molecule has 0 saturated heterocycles. The van der Waals surface area contributed by atoms with Gasteiger partial charge in [0.05, 0.1) is 12.3 Å². The molecule has 0 spiro atoms. The van der Waals surface area contributed by atoms with Gasteiger partial charge < -0.3 is 14.7 Å². The molecule has 0 radical (unpaired) electrons. The molecule has 0 aliphatic heterocycles. The summed E-state index contributed by atoms with van der Waals surface area (Å²) in [6.45, 7) is 2.63. The van der Waals surface area contributed by atoms with Crippen LogP contribution in [-0.4, -0.2) is 23.4 Å². The smallest absolute Gasteiger partial charge is 0.305 e. The number of aromatic hydroxyl groups is 1. The van der Waals surface area contributed by atoms with Crippen LogP contribution in [-0.2, 0) is 21.0 Å². The fourth-order valence-electron chi connectivity index (χ4n) is 2.80. The van der Waals surface area contributed by atoms with Crippen LogP contribution in [0.3, 0.4) is 0 Å². The Morgan fingerprint density at radius 2 is 1.61 bits per heavy atom. The van der Waals surface area contributed by atoms with Gasteiger partial charge in [-0.1, -0.05) is 60.5 Å². The summed E-state index contributed by atoms with van der Waals surface area (Å²) in [6, 6.07) is 16.9. The summed E-state index contributed by atoms with van der Waals surface area (Å²) in [4.78, 5) is 16.9. The number of oxime groups is 1. The van der Waals surface area contributed by atoms with Crippen molar-refractivity contribution in [2.24, 2.45) is 5.16 Å². The number of phenols is 1. The molecule has 150 valence electrons. The highest BCUT2D eigenvalue weighted by molar-refractivity contribution is 6.00. The number of carbonyl (C=O) groups is 1. The molecule has 0 heterocycles. The molecule has 2 aromatic carbocycles. The number of hydrogen-bond acceptors (Lipinski definition) is 5. The molecular weight excluding hydrogens is 354 g/mol. The summed E-state index contributed by atoms with van der Waals surface area (Å²) in [5.41, 5.74) is 2.93. The van der Waals surface area contributed by atoms with Crippen molar-refractivity contribution >= 4 is 11.7 Å². The van der Waals surface area contributed by atoms with Gasteiger partial charge in [-0.3, -0.25) is 4.79 Å². The van der Waals surface area contributed by atoms with Gasteiger partial charge >= 0.3 is 5.97 Å². The van der Waals surface area contributed by atoms with E-state index in [0.29, 0.717) is 19.6 Å². The highest BCUT2D eigenvalue weighted by Gasteiger charge is 2.06. The van der Waals surface area contributed by atoms with E-state index in [1.54, 1.807) is 12.1 Å². The third-order valence-electron chi connectivity index (χ3n) is 4.30. The Hall–Kier alpha value is -2.82. The van der Waals surface area contributed by atoms with Crippen molar-refractivity contribution < 1.29 is 19.5 Å². The Bertz CT molecular complexity index is 726. The summed E-state index contributed by atoms with van der Waals surface area (Å²) < 4.78 is 4.94. The zero-order chi connectivity index (χ0) is 20.0. The van der Waals surface area contributed by atoms with Gasteiger partial charge in [0, 0.05) is 6.42 Å². The first-order chi connectivity index (χ1) is 13.7. The van der Waals surface area contributed by atoms with Gasteiger partial charge in [-0.25, -0.2) is 0 Å². The topological polar surface area (TPSA) is 68.1 Å². The molecule has 0 bridgehead atoms. The molecule has 2 aromatic rings. The van der Waals surface area contributed by atoms with Crippen LogP contribution in [0.1, 0.15) is 56.6 Å². The second-order valence-corrected chi connectivity index (χ2v) is 6.56. The van der Waals surface area contributed by atoms with E-state index in [1.807, 2.05) is 49.4 Å². The SMILES string of the molecule is CCOC(=O)CCCCCC/C(=N\OCc1ccc(O)cc1)c1ccccc1. The van der Waals surface area contributed by atoms with E-state index >= 15 is 0 Å².